The average Bonchev–Trinajstić information content (AvgIpc) is 3.21. The summed E-state index contributed by atoms with van der Waals surface area (Å²) in [4.78, 5) is 14.4. The number of anilines is 1. The number of carbonyl (C=O) groups excluding carboxylic acids is 1. The van der Waals surface area contributed by atoms with E-state index in [9.17, 15) is 4.79 Å². The van der Waals surface area contributed by atoms with Gasteiger partial charge in [-0.15, -0.1) is 0 Å². The van der Waals surface area contributed by atoms with Gasteiger partial charge in [-0.2, -0.15) is 0 Å². The molecule has 24 heavy (non-hydrogen) atoms. The van der Waals surface area contributed by atoms with Gasteiger partial charge in [-0.05, 0) is 68.1 Å². The van der Waals surface area contributed by atoms with Gasteiger partial charge in [0, 0.05) is 18.8 Å². The van der Waals surface area contributed by atoms with Crippen molar-refractivity contribution in [2.24, 2.45) is 5.92 Å². The Kier molecular flexibility index (Phi) is 5.20. The number of likely N-dealkylation sites (tertiary alicyclic amines) is 1. The number of aryl methyl sites for hydroxylation is 2. The number of amides is 2. The lowest BCUT2D eigenvalue weighted by atomic mass is 10.1. The van der Waals surface area contributed by atoms with E-state index in [-0.39, 0.29) is 6.03 Å². The minimum Gasteiger partial charge on any atom is -0.468 e. The molecule has 1 aromatic heterocycles. The minimum absolute atomic E-state index is 0.136. The second-order valence-corrected chi connectivity index (χ2v) is 6.60. The highest BCUT2D eigenvalue weighted by molar-refractivity contribution is 5.89. The number of hydrogen-bond donors (Lipinski definition) is 2. The highest BCUT2D eigenvalue weighted by Crippen LogP contribution is 2.18. The topological polar surface area (TPSA) is 57.5 Å². The molecule has 5 nitrogen and oxygen atoms in total. The molecule has 1 aromatic carbocycles. The lowest BCUT2D eigenvalue weighted by Crippen LogP contribution is -2.34. The van der Waals surface area contributed by atoms with Crippen LogP contribution in [0.15, 0.2) is 41.0 Å². The Morgan fingerprint density at radius 1 is 1.29 bits per heavy atom. The molecule has 0 aliphatic carbocycles. The van der Waals surface area contributed by atoms with Gasteiger partial charge in [0.2, 0.25) is 0 Å². The second-order valence-electron chi connectivity index (χ2n) is 6.60. The molecule has 1 aliphatic rings. The summed E-state index contributed by atoms with van der Waals surface area (Å²) < 4.78 is 5.39. The molecular weight excluding hydrogens is 302 g/mol. The van der Waals surface area contributed by atoms with Crippen LogP contribution in [0.3, 0.4) is 0 Å². The first-order valence-electron chi connectivity index (χ1n) is 8.47. The molecule has 2 aromatic rings. The lowest BCUT2D eigenvalue weighted by molar-refractivity contribution is 0.249. The van der Waals surface area contributed by atoms with Crippen molar-refractivity contribution in [2.45, 2.75) is 26.8 Å². The molecule has 0 unspecified atom stereocenters. The van der Waals surface area contributed by atoms with Crippen molar-refractivity contribution in [3.05, 3.63) is 53.5 Å². The number of furan rings is 1. The Morgan fingerprint density at radius 2 is 2.17 bits per heavy atom. The van der Waals surface area contributed by atoms with Crippen molar-refractivity contribution in [3.63, 3.8) is 0 Å². The SMILES string of the molecule is Cc1ccc(NC(=O)NC[C@H]2CCN(Cc3ccco3)C2)cc1C. The minimum atomic E-state index is -0.136. The van der Waals surface area contributed by atoms with Crippen molar-refractivity contribution in [1.29, 1.82) is 0 Å². The summed E-state index contributed by atoms with van der Waals surface area (Å²) in [5.41, 5.74) is 3.24. The molecule has 1 fully saturated rings. The normalized spacial score (nSPS) is 17.8. The number of urea groups is 1. The van der Waals surface area contributed by atoms with E-state index in [0.29, 0.717) is 12.5 Å². The van der Waals surface area contributed by atoms with Crippen molar-refractivity contribution in [3.8, 4) is 0 Å². The van der Waals surface area contributed by atoms with Crippen LogP contribution in [-0.2, 0) is 6.54 Å². The molecule has 3 rings (SSSR count). The van der Waals surface area contributed by atoms with Crippen LogP contribution in [0.25, 0.3) is 0 Å². The maximum atomic E-state index is 12.1. The number of hydrogen-bond acceptors (Lipinski definition) is 3. The van der Waals surface area contributed by atoms with Crippen LogP contribution in [0.5, 0.6) is 0 Å². The summed E-state index contributed by atoms with van der Waals surface area (Å²) in [6.07, 6.45) is 2.81. The van der Waals surface area contributed by atoms with E-state index in [1.54, 1.807) is 6.26 Å². The molecule has 5 heteroatoms. The Morgan fingerprint density at radius 3 is 2.92 bits per heavy atom. The van der Waals surface area contributed by atoms with Gasteiger partial charge < -0.3 is 15.1 Å². The van der Waals surface area contributed by atoms with E-state index in [2.05, 4.69) is 22.5 Å². The van der Waals surface area contributed by atoms with Crippen LogP contribution >= 0.6 is 0 Å². The van der Waals surface area contributed by atoms with E-state index in [1.807, 2.05) is 37.3 Å². The van der Waals surface area contributed by atoms with Gasteiger partial charge in [0.05, 0.1) is 12.8 Å². The van der Waals surface area contributed by atoms with Crippen LogP contribution in [-0.4, -0.2) is 30.6 Å². The molecule has 1 atom stereocenters. The fourth-order valence-corrected chi connectivity index (χ4v) is 3.08. The third-order valence-electron chi connectivity index (χ3n) is 4.65. The van der Waals surface area contributed by atoms with Crippen molar-refractivity contribution < 1.29 is 9.21 Å². The Bertz CT molecular complexity index is 682. The first-order valence-corrected chi connectivity index (χ1v) is 8.47. The molecule has 2 amide bonds. The quantitative estimate of drug-likeness (QED) is 0.883. The molecule has 128 valence electrons. The van der Waals surface area contributed by atoms with Gasteiger partial charge >= 0.3 is 6.03 Å². The molecule has 0 radical (unpaired) electrons. The Labute approximate surface area is 143 Å². The zero-order valence-electron chi connectivity index (χ0n) is 14.3. The molecule has 0 spiro atoms. The van der Waals surface area contributed by atoms with Crippen molar-refractivity contribution in [2.75, 3.05) is 25.0 Å². The van der Waals surface area contributed by atoms with Crippen LogP contribution in [0.1, 0.15) is 23.3 Å². The van der Waals surface area contributed by atoms with Gasteiger partial charge in [0.1, 0.15) is 5.76 Å². The van der Waals surface area contributed by atoms with Crippen LogP contribution in [0.4, 0.5) is 10.5 Å². The highest BCUT2D eigenvalue weighted by Gasteiger charge is 2.23. The fourth-order valence-electron chi connectivity index (χ4n) is 3.08. The third-order valence-corrected chi connectivity index (χ3v) is 4.65. The number of benzene rings is 1. The predicted molar refractivity (Wildman–Crippen MR) is 95.0 cm³/mol. The summed E-state index contributed by atoms with van der Waals surface area (Å²) >= 11 is 0. The number of carbonyl (C=O) groups is 1. The van der Waals surface area contributed by atoms with Gasteiger partial charge in [0.15, 0.2) is 0 Å². The van der Waals surface area contributed by atoms with Crippen LogP contribution in [0.2, 0.25) is 0 Å². The zero-order valence-corrected chi connectivity index (χ0v) is 14.3. The largest absolute Gasteiger partial charge is 0.468 e. The van der Waals surface area contributed by atoms with Crippen LogP contribution in [0, 0.1) is 19.8 Å². The first kappa shape index (κ1) is 16.6. The lowest BCUT2D eigenvalue weighted by Gasteiger charge is -2.15. The summed E-state index contributed by atoms with van der Waals surface area (Å²) in [7, 11) is 0. The second kappa shape index (κ2) is 7.53. The standard InChI is InChI=1S/C19H25N3O2/c1-14-5-6-17(10-15(14)2)21-19(23)20-11-16-7-8-22(12-16)13-18-4-3-9-24-18/h3-6,9-10,16H,7-8,11-13H2,1-2H3,(H2,20,21,23)/t16-/m1/s1. The van der Waals surface area contributed by atoms with Gasteiger partial charge in [0.25, 0.3) is 0 Å². The third kappa shape index (κ3) is 4.38. The smallest absolute Gasteiger partial charge is 0.319 e. The molecular formula is C19H25N3O2. The van der Waals surface area contributed by atoms with Gasteiger partial charge in [-0.1, -0.05) is 6.07 Å². The van der Waals surface area contributed by atoms with E-state index >= 15 is 0 Å². The molecule has 1 saturated heterocycles. The highest BCUT2D eigenvalue weighted by atomic mass is 16.3. The fraction of sp³-hybridized carbons (Fsp3) is 0.421. The molecule has 2 heterocycles. The predicted octanol–water partition coefficient (Wildman–Crippen LogP) is 3.54. The number of nitrogens with one attached hydrogen (secondary N) is 2. The summed E-state index contributed by atoms with van der Waals surface area (Å²) in [5, 5.41) is 5.89. The summed E-state index contributed by atoms with van der Waals surface area (Å²) in [5.74, 6) is 1.49. The maximum absolute atomic E-state index is 12.1. The van der Waals surface area contributed by atoms with Gasteiger partial charge in [-0.25, -0.2) is 4.79 Å². The van der Waals surface area contributed by atoms with E-state index in [0.717, 1.165) is 37.5 Å². The van der Waals surface area contributed by atoms with Crippen molar-refractivity contribution >= 4 is 11.7 Å². The Hall–Kier alpha value is -2.27. The van der Waals surface area contributed by atoms with E-state index in [1.165, 1.54) is 11.1 Å². The van der Waals surface area contributed by atoms with Crippen molar-refractivity contribution in [1.82, 2.24) is 10.2 Å². The zero-order chi connectivity index (χ0) is 16.9. The molecule has 0 saturated carbocycles. The first-order chi connectivity index (χ1) is 11.6. The molecule has 0 bridgehead atoms. The average molecular weight is 327 g/mol. The Balaban J connectivity index is 1.41. The van der Waals surface area contributed by atoms with E-state index in [4.69, 9.17) is 4.42 Å². The molecule has 2 N–H and O–H groups in total. The molecule has 1 aliphatic heterocycles. The summed E-state index contributed by atoms with van der Waals surface area (Å²) in [6.45, 7) is 7.69. The number of nitrogens with zero attached hydrogens (tertiary/aromatic N) is 1. The summed E-state index contributed by atoms with van der Waals surface area (Å²) in [6, 6.07) is 9.74. The maximum Gasteiger partial charge on any atom is 0.319 e. The van der Waals surface area contributed by atoms with Crippen LogP contribution < -0.4 is 10.6 Å². The van der Waals surface area contributed by atoms with Gasteiger partial charge in [-0.3, -0.25) is 4.90 Å². The van der Waals surface area contributed by atoms with E-state index < -0.39 is 0 Å². The monoisotopic (exact) mass is 327 g/mol. The number of rotatable bonds is 5.